The monoisotopic (exact) mass is 281 g/mol. The van der Waals surface area contributed by atoms with Gasteiger partial charge in [0.2, 0.25) is 17.7 Å². The summed E-state index contributed by atoms with van der Waals surface area (Å²) >= 11 is 0. The largest absolute Gasteiger partial charge is 0.352 e. The molecule has 20 heavy (non-hydrogen) atoms. The average Bonchev–Trinajstić information content (AvgIpc) is 2.28. The van der Waals surface area contributed by atoms with Crippen molar-refractivity contribution in [1.29, 1.82) is 0 Å². The van der Waals surface area contributed by atoms with Gasteiger partial charge in [0.15, 0.2) is 0 Å². The molecule has 0 aromatic heterocycles. The zero-order valence-electron chi connectivity index (χ0n) is 12.2. The number of hydrogen-bond acceptors (Lipinski definition) is 3. The Balaban J connectivity index is 1.81. The van der Waals surface area contributed by atoms with Crippen molar-refractivity contribution in [2.45, 2.75) is 39.2 Å². The van der Waals surface area contributed by atoms with Crippen LogP contribution in [0.3, 0.4) is 0 Å². The molecule has 1 N–H and O–H groups in total. The Morgan fingerprint density at radius 1 is 1.30 bits per heavy atom. The molecule has 6 heteroatoms. The number of nitrogens with zero attached hydrogens (tertiary/aromatic N) is 2. The van der Waals surface area contributed by atoms with Gasteiger partial charge in [0.25, 0.3) is 0 Å². The Morgan fingerprint density at radius 3 is 2.50 bits per heavy atom. The highest BCUT2D eigenvalue weighted by molar-refractivity contribution is 5.90. The summed E-state index contributed by atoms with van der Waals surface area (Å²) in [5, 5.41) is 2.77. The summed E-state index contributed by atoms with van der Waals surface area (Å²) in [5.41, 5.74) is 0. The van der Waals surface area contributed by atoms with E-state index in [1.165, 1.54) is 4.90 Å². The second-order valence-corrected chi connectivity index (χ2v) is 5.93. The number of amides is 3. The molecular formula is C14H23N3O3. The summed E-state index contributed by atoms with van der Waals surface area (Å²) in [7, 11) is 0. The summed E-state index contributed by atoms with van der Waals surface area (Å²) in [5.74, 6) is -0.0515. The van der Waals surface area contributed by atoms with Gasteiger partial charge in [0.05, 0.1) is 13.1 Å². The van der Waals surface area contributed by atoms with E-state index in [2.05, 4.69) is 5.32 Å². The molecule has 0 aromatic rings. The Kier molecular flexibility index (Phi) is 4.62. The summed E-state index contributed by atoms with van der Waals surface area (Å²) < 4.78 is 0. The van der Waals surface area contributed by atoms with Crippen molar-refractivity contribution in [3.63, 3.8) is 0 Å². The van der Waals surface area contributed by atoms with Crippen molar-refractivity contribution in [2.75, 3.05) is 26.2 Å². The highest BCUT2D eigenvalue weighted by atomic mass is 16.2. The van der Waals surface area contributed by atoms with Crippen LogP contribution in [0, 0.1) is 5.92 Å². The first kappa shape index (κ1) is 14.8. The molecule has 0 bridgehead atoms. The van der Waals surface area contributed by atoms with Crippen molar-refractivity contribution >= 4 is 17.7 Å². The minimum atomic E-state index is -0.146. The molecule has 0 unspecified atom stereocenters. The van der Waals surface area contributed by atoms with Crippen molar-refractivity contribution in [2.24, 2.45) is 5.92 Å². The summed E-state index contributed by atoms with van der Waals surface area (Å²) in [6, 6.07) is 0.0686. The summed E-state index contributed by atoms with van der Waals surface area (Å²) in [4.78, 5) is 38.9. The average molecular weight is 281 g/mol. The molecule has 1 saturated carbocycles. The molecule has 2 aliphatic rings. The first-order valence-electron chi connectivity index (χ1n) is 7.33. The van der Waals surface area contributed by atoms with E-state index in [1.54, 1.807) is 4.90 Å². The van der Waals surface area contributed by atoms with Gasteiger partial charge < -0.3 is 15.1 Å². The van der Waals surface area contributed by atoms with Gasteiger partial charge in [0, 0.05) is 25.0 Å². The van der Waals surface area contributed by atoms with Gasteiger partial charge in [-0.3, -0.25) is 14.4 Å². The maximum atomic E-state index is 12.1. The van der Waals surface area contributed by atoms with Crippen molar-refractivity contribution in [1.82, 2.24) is 15.1 Å². The van der Waals surface area contributed by atoms with Crippen LogP contribution in [-0.2, 0) is 14.4 Å². The quantitative estimate of drug-likeness (QED) is 0.787. The molecule has 1 aliphatic heterocycles. The van der Waals surface area contributed by atoms with E-state index in [1.807, 2.05) is 13.8 Å². The zero-order chi connectivity index (χ0) is 14.7. The molecule has 0 radical (unpaired) electrons. The van der Waals surface area contributed by atoms with Crippen LogP contribution in [-0.4, -0.2) is 59.7 Å². The lowest BCUT2D eigenvalue weighted by atomic mass is 9.84. The van der Waals surface area contributed by atoms with Crippen molar-refractivity contribution in [3.05, 3.63) is 0 Å². The molecule has 1 saturated heterocycles. The van der Waals surface area contributed by atoms with E-state index in [-0.39, 0.29) is 42.8 Å². The van der Waals surface area contributed by atoms with E-state index in [0.29, 0.717) is 13.1 Å². The third-order valence-corrected chi connectivity index (χ3v) is 3.87. The Hall–Kier alpha value is -1.59. The number of hydrogen-bond donors (Lipinski definition) is 1. The van der Waals surface area contributed by atoms with Crippen LogP contribution in [0.1, 0.15) is 33.1 Å². The third kappa shape index (κ3) is 3.49. The lowest BCUT2D eigenvalue weighted by Gasteiger charge is -2.37. The normalized spacial score (nSPS) is 20.1. The highest BCUT2D eigenvalue weighted by Crippen LogP contribution is 2.28. The standard InChI is InChI=1S/C14H23N3O3/c1-10(2)15-12(18)8-16-6-7-17(9-13(16)19)14(20)11-4-3-5-11/h10-11H,3-9H2,1-2H3,(H,15,18). The van der Waals surface area contributed by atoms with E-state index >= 15 is 0 Å². The fourth-order valence-electron chi connectivity index (χ4n) is 2.52. The van der Waals surface area contributed by atoms with Gasteiger partial charge in [-0.15, -0.1) is 0 Å². The molecular weight excluding hydrogens is 258 g/mol. The van der Waals surface area contributed by atoms with Gasteiger partial charge in [-0.2, -0.15) is 0 Å². The van der Waals surface area contributed by atoms with Crippen LogP contribution < -0.4 is 5.32 Å². The smallest absolute Gasteiger partial charge is 0.242 e. The van der Waals surface area contributed by atoms with Gasteiger partial charge in [0.1, 0.15) is 0 Å². The van der Waals surface area contributed by atoms with Crippen LogP contribution in [0.2, 0.25) is 0 Å². The predicted molar refractivity (Wildman–Crippen MR) is 73.8 cm³/mol. The fraction of sp³-hybridized carbons (Fsp3) is 0.786. The molecule has 0 atom stereocenters. The molecule has 1 heterocycles. The topological polar surface area (TPSA) is 69.7 Å². The summed E-state index contributed by atoms with van der Waals surface area (Å²) in [6.45, 7) is 4.95. The maximum absolute atomic E-state index is 12.1. The minimum Gasteiger partial charge on any atom is -0.352 e. The molecule has 6 nitrogen and oxygen atoms in total. The Labute approximate surface area is 119 Å². The predicted octanol–water partition coefficient (Wildman–Crippen LogP) is -0.0181. The van der Waals surface area contributed by atoms with Crippen LogP contribution in [0.4, 0.5) is 0 Å². The van der Waals surface area contributed by atoms with Crippen molar-refractivity contribution in [3.8, 4) is 0 Å². The number of carbonyl (C=O) groups is 3. The zero-order valence-corrected chi connectivity index (χ0v) is 12.2. The number of rotatable bonds is 4. The van der Waals surface area contributed by atoms with Gasteiger partial charge in [-0.05, 0) is 26.7 Å². The Bertz CT molecular complexity index is 404. The molecule has 0 spiro atoms. The van der Waals surface area contributed by atoms with Crippen LogP contribution >= 0.6 is 0 Å². The molecule has 2 rings (SSSR count). The van der Waals surface area contributed by atoms with Crippen LogP contribution in [0.25, 0.3) is 0 Å². The SMILES string of the molecule is CC(C)NC(=O)CN1CCN(C(=O)C2CCC2)CC1=O. The first-order valence-corrected chi connectivity index (χ1v) is 7.33. The molecule has 1 aliphatic carbocycles. The van der Waals surface area contributed by atoms with Crippen LogP contribution in [0.5, 0.6) is 0 Å². The van der Waals surface area contributed by atoms with Crippen molar-refractivity contribution < 1.29 is 14.4 Å². The second kappa shape index (κ2) is 6.24. The highest BCUT2D eigenvalue weighted by Gasteiger charge is 2.34. The van der Waals surface area contributed by atoms with Gasteiger partial charge >= 0.3 is 0 Å². The molecule has 0 aromatic carbocycles. The third-order valence-electron chi connectivity index (χ3n) is 3.87. The lowest BCUT2D eigenvalue weighted by molar-refractivity contribution is -0.150. The minimum absolute atomic E-state index is 0.0686. The van der Waals surface area contributed by atoms with Gasteiger partial charge in [-0.25, -0.2) is 0 Å². The number of carbonyl (C=O) groups excluding carboxylic acids is 3. The lowest BCUT2D eigenvalue weighted by Crippen LogP contribution is -2.56. The van der Waals surface area contributed by atoms with E-state index in [4.69, 9.17) is 0 Å². The van der Waals surface area contributed by atoms with E-state index in [0.717, 1.165) is 19.3 Å². The van der Waals surface area contributed by atoms with E-state index < -0.39 is 0 Å². The number of nitrogens with one attached hydrogen (secondary N) is 1. The summed E-state index contributed by atoms with van der Waals surface area (Å²) in [6.07, 6.45) is 3.01. The van der Waals surface area contributed by atoms with Crippen LogP contribution in [0.15, 0.2) is 0 Å². The molecule has 3 amide bonds. The number of piperazine rings is 1. The Morgan fingerprint density at radius 2 is 2.00 bits per heavy atom. The fourth-order valence-corrected chi connectivity index (χ4v) is 2.52. The van der Waals surface area contributed by atoms with Gasteiger partial charge in [-0.1, -0.05) is 6.42 Å². The first-order chi connectivity index (χ1) is 9.47. The molecule has 112 valence electrons. The second-order valence-electron chi connectivity index (χ2n) is 5.93. The molecule has 2 fully saturated rings. The maximum Gasteiger partial charge on any atom is 0.242 e. The van der Waals surface area contributed by atoms with E-state index in [9.17, 15) is 14.4 Å².